The van der Waals surface area contributed by atoms with E-state index in [4.69, 9.17) is 5.73 Å². The van der Waals surface area contributed by atoms with Crippen molar-refractivity contribution in [3.8, 4) is 0 Å². The van der Waals surface area contributed by atoms with Crippen molar-refractivity contribution >= 4 is 15.9 Å². The second-order valence-corrected chi connectivity index (χ2v) is 7.53. The summed E-state index contributed by atoms with van der Waals surface area (Å²) in [5.74, 6) is 0.00837. The van der Waals surface area contributed by atoms with Crippen LogP contribution in [0, 0.1) is 5.92 Å². The molecule has 1 amide bonds. The van der Waals surface area contributed by atoms with Crippen LogP contribution in [0.3, 0.4) is 0 Å². The van der Waals surface area contributed by atoms with Crippen LogP contribution in [0.15, 0.2) is 29.2 Å². The van der Waals surface area contributed by atoms with Gasteiger partial charge in [-0.2, -0.15) is 4.31 Å². The Hall–Kier alpha value is -1.44. The topological polar surface area (TPSA) is 92.5 Å². The van der Waals surface area contributed by atoms with Crippen molar-refractivity contribution in [2.45, 2.75) is 30.7 Å². The Kier molecular flexibility index (Phi) is 5.20. The molecule has 1 aromatic carbocycles. The Balaban J connectivity index is 2.31. The molecule has 0 aromatic heterocycles. The molecule has 2 rings (SSSR count). The molecule has 0 spiro atoms. The molecule has 0 saturated carbocycles. The SMILES string of the molecule is CNC(=O)c1ccc(S(=O)(=O)N2CCCC(C)C2CN)cc1. The van der Waals surface area contributed by atoms with E-state index in [-0.39, 0.29) is 22.8 Å². The summed E-state index contributed by atoms with van der Waals surface area (Å²) in [4.78, 5) is 11.7. The third kappa shape index (κ3) is 3.16. The summed E-state index contributed by atoms with van der Waals surface area (Å²) in [5, 5.41) is 2.51. The number of nitrogens with one attached hydrogen (secondary N) is 1. The van der Waals surface area contributed by atoms with Gasteiger partial charge in [-0.05, 0) is 43.0 Å². The number of nitrogens with zero attached hydrogens (tertiary/aromatic N) is 1. The Morgan fingerprint density at radius 3 is 2.55 bits per heavy atom. The highest BCUT2D eigenvalue weighted by molar-refractivity contribution is 7.89. The minimum Gasteiger partial charge on any atom is -0.355 e. The van der Waals surface area contributed by atoms with E-state index in [9.17, 15) is 13.2 Å². The third-order valence-electron chi connectivity index (χ3n) is 4.26. The Morgan fingerprint density at radius 2 is 2.00 bits per heavy atom. The number of piperidine rings is 1. The summed E-state index contributed by atoms with van der Waals surface area (Å²) in [6.45, 7) is 2.84. The van der Waals surface area contributed by atoms with Gasteiger partial charge in [0.15, 0.2) is 0 Å². The molecular formula is C15H23N3O3S. The second kappa shape index (κ2) is 6.76. The maximum atomic E-state index is 12.8. The van der Waals surface area contributed by atoms with Crippen LogP contribution in [0.4, 0.5) is 0 Å². The average molecular weight is 325 g/mol. The second-order valence-electron chi connectivity index (χ2n) is 5.64. The van der Waals surface area contributed by atoms with Gasteiger partial charge in [0.25, 0.3) is 5.91 Å². The summed E-state index contributed by atoms with van der Waals surface area (Å²) in [5.41, 5.74) is 6.22. The first kappa shape index (κ1) is 16.9. The zero-order valence-electron chi connectivity index (χ0n) is 13.0. The lowest BCUT2D eigenvalue weighted by Gasteiger charge is -2.38. The molecule has 22 heavy (non-hydrogen) atoms. The number of carbonyl (C=O) groups is 1. The summed E-state index contributed by atoms with van der Waals surface area (Å²) in [7, 11) is -2.05. The van der Waals surface area contributed by atoms with Crippen LogP contribution in [-0.4, -0.2) is 44.8 Å². The zero-order valence-corrected chi connectivity index (χ0v) is 13.8. The van der Waals surface area contributed by atoms with Crippen molar-refractivity contribution in [1.29, 1.82) is 0 Å². The van der Waals surface area contributed by atoms with E-state index in [1.165, 1.54) is 35.6 Å². The van der Waals surface area contributed by atoms with Crippen LogP contribution in [0.1, 0.15) is 30.1 Å². The lowest BCUT2D eigenvalue weighted by atomic mass is 9.93. The zero-order chi connectivity index (χ0) is 16.3. The van der Waals surface area contributed by atoms with Crippen molar-refractivity contribution in [3.63, 3.8) is 0 Å². The van der Waals surface area contributed by atoms with Crippen LogP contribution >= 0.6 is 0 Å². The normalized spacial score (nSPS) is 23.2. The Morgan fingerprint density at radius 1 is 1.36 bits per heavy atom. The standard InChI is InChI=1S/C15H23N3O3S/c1-11-4-3-9-18(14(11)10-16)22(20,21)13-7-5-12(6-8-13)15(19)17-2/h5-8,11,14H,3-4,9-10,16H2,1-2H3,(H,17,19). The summed E-state index contributed by atoms with van der Waals surface area (Å²) < 4.78 is 27.2. The molecule has 1 aromatic rings. The highest BCUT2D eigenvalue weighted by atomic mass is 32.2. The van der Waals surface area contributed by atoms with Gasteiger partial charge >= 0.3 is 0 Å². The number of hydrogen-bond acceptors (Lipinski definition) is 4. The summed E-state index contributed by atoms with van der Waals surface area (Å²) in [6, 6.07) is 5.84. The van der Waals surface area contributed by atoms with Crippen LogP contribution in [-0.2, 0) is 10.0 Å². The number of sulfonamides is 1. The maximum absolute atomic E-state index is 12.8. The first-order valence-corrected chi connectivity index (χ1v) is 8.90. The van der Waals surface area contributed by atoms with Gasteiger partial charge in [0.1, 0.15) is 0 Å². The molecule has 1 saturated heterocycles. The van der Waals surface area contributed by atoms with Crippen LogP contribution in [0.25, 0.3) is 0 Å². The van der Waals surface area contributed by atoms with E-state index >= 15 is 0 Å². The molecular weight excluding hydrogens is 302 g/mol. The molecule has 122 valence electrons. The van der Waals surface area contributed by atoms with Gasteiger partial charge in [-0.3, -0.25) is 4.79 Å². The van der Waals surface area contributed by atoms with Gasteiger partial charge in [-0.1, -0.05) is 6.92 Å². The molecule has 3 N–H and O–H groups in total. The van der Waals surface area contributed by atoms with Crippen molar-refractivity contribution in [2.75, 3.05) is 20.1 Å². The number of benzene rings is 1. The van der Waals surface area contributed by atoms with Crippen molar-refractivity contribution in [1.82, 2.24) is 9.62 Å². The lowest BCUT2D eigenvalue weighted by molar-refractivity contribution is 0.0963. The van der Waals surface area contributed by atoms with Crippen molar-refractivity contribution in [2.24, 2.45) is 11.7 Å². The van der Waals surface area contributed by atoms with Gasteiger partial charge in [0.05, 0.1) is 4.90 Å². The fraction of sp³-hybridized carbons (Fsp3) is 0.533. The molecule has 1 aliphatic rings. The Bertz CT molecular complexity index is 628. The lowest BCUT2D eigenvalue weighted by Crippen LogP contribution is -2.51. The molecule has 2 atom stereocenters. The first-order chi connectivity index (χ1) is 10.4. The molecule has 0 bridgehead atoms. The number of hydrogen-bond donors (Lipinski definition) is 2. The Labute approximate surface area is 131 Å². The average Bonchev–Trinajstić information content (AvgIpc) is 2.54. The van der Waals surface area contributed by atoms with Crippen LogP contribution in [0.2, 0.25) is 0 Å². The van der Waals surface area contributed by atoms with E-state index in [0.717, 1.165) is 12.8 Å². The molecule has 2 unspecified atom stereocenters. The van der Waals surface area contributed by atoms with E-state index in [0.29, 0.717) is 18.7 Å². The predicted octanol–water partition coefficient (Wildman–Crippen LogP) is 0.794. The van der Waals surface area contributed by atoms with E-state index in [1.807, 2.05) is 6.92 Å². The minimum atomic E-state index is -3.58. The molecule has 1 fully saturated rings. The van der Waals surface area contributed by atoms with E-state index < -0.39 is 10.0 Å². The number of rotatable bonds is 4. The van der Waals surface area contributed by atoms with E-state index in [1.54, 1.807) is 0 Å². The monoisotopic (exact) mass is 325 g/mol. The third-order valence-corrected chi connectivity index (χ3v) is 6.20. The fourth-order valence-electron chi connectivity index (χ4n) is 2.92. The molecule has 1 heterocycles. The van der Waals surface area contributed by atoms with Gasteiger partial charge in [0, 0.05) is 31.7 Å². The van der Waals surface area contributed by atoms with Gasteiger partial charge < -0.3 is 11.1 Å². The summed E-state index contributed by atoms with van der Waals surface area (Å²) >= 11 is 0. The van der Waals surface area contributed by atoms with Crippen molar-refractivity contribution < 1.29 is 13.2 Å². The number of amides is 1. The predicted molar refractivity (Wildman–Crippen MR) is 85.0 cm³/mol. The summed E-state index contributed by atoms with van der Waals surface area (Å²) in [6.07, 6.45) is 1.83. The van der Waals surface area contributed by atoms with Crippen LogP contribution < -0.4 is 11.1 Å². The fourth-order valence-corrected chi connectivity index (χ4v) is 4.69. The van der Waals surface area contributed by atoms with E-state index in [2.05, 4.69) is 5.32 Å². The first-order valence-electron chi connectivity index (χ1n) is 7.46. The molecule has 0 aliphatic carbocycles. The number of carbonyl (C=O) groups excluding carboxylic acids is 1. The highest BCUT2D eigenvalue weighted by Crippen LogP contribution is 2.28. The molecule has 0 radical (unpaired) electrons. The van der Waals surface area contributed by atoms with Crippen LogP contribution in [0.5, 0.6) is 0 Å². The minimum absolute atomic E-state index is 0.169. The van der Waals surface area contributed by atoms with Gasteiger partial charge in [0.2, 0.25) is 10.0 Å². The van der Waals surface area contributed by atoms with Gasteiger partial charge in [-0.25, -0.2) is 8.42 Å². The van der Waals surface area contributed by atoms with Crippen molar-refractivity contribution in [3.05, 3.63) is 29.8 Å². The quantitative estimate of drug-likeness (QED) is 0.856. The number of nitrogens with two attached hydrogens (primary N) is 1. The molecule has 6 nitrogen and oxygen atoms in total. The van der Waals surface area contributed by atoms with Gasteiger partial charge in [-0.15, -0.1) is 0 Å². The smallest absolute Gasteiger partial charge is 0.251 e. The molecule has 7 heteroatoms. The highest BCUT2D eigenvalue weighted by Gasteiger charge is 2.36. The molecule has 1 aliphatic heterocycles. The largest absolute Gasteiger partial charge is 0.355 e. The maximum Gasteiger partial charge on any atom is 0.251 e.